The predicted octanol–water partition coefficient (Wildman–Crippen LogP) is 3.40. The summed E-state index contributed by atoms with van der Waals surface area (Å²) in [4.78, 5) is 22.7. The third-order valence-electron chi connectivity index (χ3n) is 2.76. The first-order valence-electron chi connectivity index (χ1n) is 5.32. The van der Waals surface area contributed by atoms with Crippen LogP contribution in [0.1, 0.15) is 13.8 Å². The molecule has 0 saturated carbocycles. The Morgan fingerprint density at radius 3 is 2.50 bits per heavy atom. The SMILES string of the molecule is CC(C(=O)O)C(C)C(=O)Nc1cccc(Cl)c1Br. The van der Waals surface area contributed by atoms with E-state index in [1.807, 2.05) is 0 Å². The molecule has 0 aliphatic carbocycles. The first-order chi connectivity index (χ1) is 8.34. The minimum atomic E-state index is -0.997. The minimum absolute atomic E-state index is 0.354. The summed E-state index contributed by atoms with van der Waals surface area (Å²) < 4.78 is 0.579. The van der Waals surface area contributed by atoms with Crippen LogP contribution < -0.4 is 5.32 Å². The second-order valence-electron chi connectivity index (χ2n) is 4.01. The number of carboxylic acids is 1. The molecule has 1 aromatic carbocycles. The lowest BCUT2D eigenvalue weighted by Crippen LogP contribution is -2.30. The number of benzene rings is 1. The highest BCUT2D eigenvalue weighted by Crippen LogP contribution is 2.30. The van der Waals surface area contributed by atoms with E-state index in [0.29, 0.717) is 15.2 Å². The second kappa shape index (κ2) is 6.20. The number of carbonyl (C=O) groups is 2. The maximum absolute atomic E-state index is 11.9. The maximum Gasteiger partial charge on any atom is 0.307 e. The van der Waals surface area contributed by atoms with Gasteiger partial charge in [0.05, 0.1) is 21.1 Å². The molecule has 0 saturated heterocycles. The Morgan fingerprint density at radius 1 is 1.33 bits per heavy atom. The first kappa shape index (κ1) is 15.0. The standard InChI is InChI=1S/C12H13BrClNO3/c1-6(7(2)12(17)18)11(16)15-9-5-3-4-8(14)10(9)13/h3-7H,1-2H3,(H,15,16)(H,17,18). The van der Waals surface area contributed by atoms with Gasteiger partial charge in [-0.05, 0) is 28.1 Å². The monoisotopic (exact) mass is 333 g/mol. The summed E-state index contributed by atoms with van der Waals surface area (Å²) >= 11 is 9.16. The van der Waals surface area contributed by atoms with Gasteiger partial charge in [0, 0.05) is 5.92 Å². The highest BCUT2D eigenvalue weighted by molar-refractivity contribution is 9.10. The lowest BCUT2D eigenvalue weighted by atomic mass is 9.95. The Labute approximate surface area is 118 Å². The normalized spacial score (nSPS) is 13.8. The van der Waals surface area contributed by atoms with Crippen LogP contribution in [0.3, 0.4) is 0 Å². The summed E-state index contributed by atoms with van der Waals surface area (Å²) in [7, 11) is 0. The number of carbonyl (C=O) groups excluding carboxylic acids is 1. The first-order valence-corrected chi connectivity index (χ1v) is 6.49. The average Bonchev–Trinajstić information content (AvgIpc) is 2.32. The van der Waals surface area contributed by atoms with E-state index in [1.54, 1.807) is 25.1 Å². The summed E-state index contributed by atoms with van der Waals surface area (Å²) in [6.07, 6.45) is 0. The van der Waals surface area contributed by atoms with Gasteiger partial charge in [-0.25, -0.2) is 0 Å². The zero-order chi connectivity index (χ0) is 13.9. The molecule has 1 aromatic rings. The molecule has 1 rings (SSSR count). The van der Waals surface area contributed by atoms with Crippen molar-refractivity contribution < 1.29 is 14.7 Å². The molecule has 98 valence electrons. The smallest absolute Gasteiger partial charge is 0.307 e. The number of nitrogens with one attached hydrogen (secondary N) is 1. The molecule has 1 amide bonds. The molecule has 0 radical (unpaired) electrons. The summed E-state index contributed by atoms with van der Waals surface area (Å²) in [5, 5.41) is 12.0. The third kappa shape index (κ3) is 3.46. The maximum atomic E-state index is 11.9. The molecule has 0 aliphatic heterocycles. The van der Waals surface area contributed by atoms with E-state index in [-0.39, 0.29) is 5.91 Å². The van der Waals surface area contributed by atoms with Crippen LogP contribution in [-0.4, -0.2) is 17.0 Å². The summed E-state index contributed by atoms with van der Waals surface area (Å²) in [5.74, 6) is -2.73. The molecule has 2 atom stereocenters. The fourth-order valence-corrected chi connectivity index (χ4v) is 1.83. The molecular formula is C12H13BrClNO3. The Bertz CT molecular complexity index is 478. The number of aliphatic carboxylic acids is 1. The summed E-state index contributed by atoms with van der Waals surface area (Å²) in [5.41, 5.74) is 0.525. The van der Waals surface area contributed by atoms with Crippen molar-refractivity contribution in [1.82, 2.24) is 0 Å². The van der Waals surface area contributed by atoms with Gasteiger partial charge in [0.15, 0.2) is 0 Å². The Kier molecular flexibility index (Phi) is 5.16. The van der Waals surface area contributed by atoms with Gasteiger partial charge >= 0.3 is 5.97 Å². The van der Waals surface area contributed by atoms with Crippen LogP contribution in [0.25, 0.3) is 0 Å². The molecule has 0 spiro atoms. The van der Waals surface area contributed by atoms with Crippen molar-refractivity contribution in [2.24, 2.45) is 11.8 Å². The molecule has 0 aromatic heterocycles. The van der Waals surface area contributed by atoms with Crippen molar-refractivity contribution in [3.05, 3.63) is 27.7 Å². The van der Waals surface area contributed by atoms with Crippen molar-refractivity contribution in [3.63, 3.8) is 0 Å². The van der Waals surface area contributed by atoms with Crippen LogP contribution in [0, 0.1) is 11.8 Å². The van der Waals surface area contributed by atoms with Crippen molar-refractivity contribution in [3.8, 4) is 0 Å². The van der Waals surface area contributed by atoms with Crippen molar-refractivity contribution in [1.29, 1.82) is 0 Å². The van der Waals surface area contributed by atoms with E-state index < -0.39 is 17.8 Å². The van der Waals surface area contributed by atoms with E-state index in [4.69, 9.17) is 16.7 Å². The number of hydrogen-bond donors (Lipinski definition) is 2. The van der Waals surface area contributed by atoms with Crippen LogP contribution in [0.15, 0.2) is 22.7 Å². The van der Waals surface area contributed by atoms with Gasteiger partial charge in [-0.3, -0.25) is 9.59 Å². The Hall–Kier alpha value is -1.07. The molecule has 0 aliphatic rings. The molecule has 2 N–H and O–H groups in total. The van der Waals surface area contributed by atoms with Crippen molar-refractivity contribution in [2.75, 3.05) is 5.32 Å². The lowest BCUT2D eigenvalue weighted by molar-refractivity contribution is -0.145. The van der Waals surface area contributed by atoms with Crippen LogP contribution in [0.4, 0.5) is 5.69 Å². The number of hydrogen-bond acceptors (Lipinski definition) is 2. The molecule has 2 unspecified atom stereocenters. The van der Waals surface area contributed by atoms with Crippen LogP contribution >= 0.6 is 27.5 Å². The summed E-state index contributed by atoms with van der Waals surface area (Å²) in [6.45, 7) is 3.08. The fourth-order valence-electron chi connectivity index (χ4n) is 1.29. The summed E-state index contributed by atoms with van der Waals surface area (Å²) in [6, 6.07) is 5.07. The van der Waals surface area contributed by atoms with Gasteiger partial charge < -0.3 is 10.4 Å². The zero-order valence-corrected chi connectivity index (χ0v) is 12.2. The van der Waals surface area contributed by atoms with Gasteiger partial charge in [-0.15, -0.1) is 0 Å². The van der Waals surface area contributed by atoms with E-state index in [2.05, 4.69) is 21.2 Å². The molecule has 0 bridgehead atoms. The molecule has 6 heteroatoms. The number of amides is 1. The van der Waals surface area contributed by atoms with Crippen LogP contribution in [0.2, 0.25) is 5.02 Å². The molecule has 18 heavy (non-hydrogen) atoms. The van der Waals surface area contributed by atoms with Gasteiger partial charge in [0.1, 0.15) is 0 Å². The quantitative estimate of drug-likeness (QED) is 0.887. The average molecular weight is 335 g/mol. The number of rotatable bonds is 4. The number of carboxylic acid groups (broad SMARTS) is 1. The van der Waals surface area contributed by atoms with Gasteiger partial charge in [0.2, 0.25) is 5.91 Å². The fraction of sp³-hybridized carbons (Fsp3) is 0.333. The molecule has 0 fully saturated rings. The highest BCUT2D eigenvalue weighted by atomic mass is 79.9. The predicted molar refractivity (Wildman–Crippen MR) is 73.7 cm³/mol. The van der Waals surface area contributed by atoms with Crippen molar-refractivity contribution in [2.45, 2.75) is 13.8 Å². The van der Waals surface area contributed by atoms with Crippen LogP contribution in [0.5, 0.6) is 0 Å². The van der Waals surface area contributed by atoms with E-state index in [0.717, 1.165) is 0 Å². The Balaban J connectivity index is 2.82. The van der Waals surface area contributed by atoms with Crippen molar-refractivity contribution >= 4 is 45.1 Å². The van der Waals surface area contributed by atoms with E-state index in [9.17, 15) is 9.59 Å². The highest BCUT2D eigenvalue weighted by Gasteiger charge is 2.26. The van der Waals surface area contributed by atoms with Gasteiger partial charge in [0.25, 0.3) is 0 Å². The van der Waals surface area contributed by atoms with E-state index in [1.165, 1.54) is 6.92 Å². The number of halogens is 2. The third-order valence-corrected chi connectivity index (χ3v) is 4.16. The van der Waals surface area contributed by atoms with Gasteiger partial charge in [-0.2, -0.15) is 0 Å². The molecule has 4 nitrogen and oxygen atoms in total. The van der Waals surface area contributed by atoms with E-state index >= 15 is 0 Å². The van der Waals surface area contributed by atoms with Gasteiger partial charge in [-0.1, -0.05) is 31.5 Å². The minimum Gasteiger partial charge on any atom is -0.481 e. The Morgan fingerprint density at radius 2 is 1.94 bits per heavy atom. The molecular weight excluding hydrogens is 321 g/mol. The van der Waals surface area contributed by atoms with Crippen LogP contribution in [-0.2, 0) is 9.59 Å². The topological polar surface area (TPSA) is 66.4 Å². The largest absolute Gasteiger partial charge is 0.481 e. The lowest BCUT2D eigenvalue weighted by Gasteiger charge is -2.16. The zero-order valence-electron chi connectivity index (χ0n) is 9.91. The molecule has 0 heterocycles. The second-order valence-corrected chi connectivity index (χ2v) is 5.21. The number of anilines is 1.